The highest BCUT2D eigenvalue weighted by Gasteiger charge is 2.18. The van der Waals surface area contributed by atoms with Crippen LogP contribution in [-0.2, 0) is 14.3 Å². The number of hydrogen-bond donors (Lipinski definition) is 1. The molecule has 0 spiro atoms. The van der Waals surface area contributed by atoms with Gasteiger partial charge in [0.2, 0.25) is 0 Å². The molecule has 1 N–H and O–H groups in total. The molecule has 128 valence electrons. The van der Waals surface area contributed by atoms with Gasteiger partial charge in [-0.05, 0) is 55.8 Å². The molecule has 2 aromatic rings. The highest BCUT2D eigenvalue weighted by molar-refractivity contribution is 5.93. The summed E-state index contributed by atoms with van der Waals surface area (Å²) in [6.07, 6.45) is -0.829. The van der Waals surface area contributed by atoms with E-state index in [1.807, 2.05) is 25.1 Å². The average molecular weight is 338 g/mol. The van der Waals surface area contributed by atoms with Crippen LogP contribution in [0, 0.1) is 18.3 Å². The van der Waals surface area contributed by atoms with Crippen LogP contribution < -0.4 is 10.1 Å². The third kappa shape index (κ3) is 5.66. The second-order valence-corrected chi connectivity index (χ2v) is 5.42. The van der Waals surface area contributed by atoms with Crippen LogP contribution in [0.5, 0.6) is 5.75 Å². The second-order valence-electron chi connectivity index (χ2n) is 5.42. The SMILES string of the molecule is Cc1cccc(O[C@@H](C)C(=O)OCC(=O)Nc2ccc(C#N)cc2)c1. The summed E-state index contributed by atoms with van der Waals surface area (Å²) >= 11 is 0. The van der Waals surface area contributed by atoms with Gasteiger partial charge < -0.3 is 14.8 Å². The van der Waals surface area contributed by atoms with E-state index in [0.29, 0.717) is 17.0 Å². The van der Waals surface area contributed by atoms with E-state index in [9.17, 15) is 9.59 Å². The van der Waals surface area contributed by atoms with Crippen molar-refractivity contribution in [2.45, 2.75) is 20.0 Å². The number of esters is 1. The summed E-state index contributed by atoms with van der Waals surface area (Å²) < 4.78 is 10.5. The lowest BCUT2D eigenvalue weighted by molar-refractivity contribution is -0.153. The third-order valence-corrected chi connectivity index (χ3v) is 3.28. The molecular weight excluding hydrogens is 320 g/mol. The molecule has 0 aliphatic carbocycles. The van der Waals surface area contributed by atoms with Crippen molar-refractivity contribution in [1.82, 2.24) is 0 Å². The fourth-order valence-corrected chi connectivity index (χ4v) is 2.02. The van der Waals surface area contributed by atoms with Crippen molar-refractivity contribution in [1.29, 1.82) is 5.26 Å². The van der Waals surface area contributed by atoms with Gasteiger partial charge in [0.25, 0.3) is 5.91 Å². The fraction of sp³-hybridized carbons (Fsp3) is 0.211. The van der Waals surface area contributed by atoms with Gasteiger partial charge in [-0.3, -0.25) is 4.79 Å². The van der Waals surface area contributed by atoms with Crippen LogP contribution in [0.25, 0.3) is 0 Å². The molecule has 0 fully saturated rings. The number of aryl methyl sites for hydroxylation is 1. The molecule has 0 saturated heterocycles. The molecule has 0 aliphatic heterocycles. The molecule has 6 heteroatoms. The summed E-state index contributed by atoms with van der Waals surface area (Å²) in [5, 5.41) is 11.3. The van der Waals surface area contributed by atoms with Gasteiger partial charge in [0, 0.05) is 5.69 Å². The molecule has 0 heterocycles. The number of hydrogen-bond acceptors (Lipinski definition) is 5. The van der Waals surface area contributed by atoms with Gasteiger partial charge in [-0.15, -0.1) is 0 Å². The predicted octanol–water partition coefficient (Wildman–Crippen LogP) is 2.82. The second kappa shape index (κ2) is 8.50. The number of anilines is 1. The number of nitrogens with one attached hydrogen (secondary N) is 1. The highest BCUT2D eigenvalue weighted by atomic mass is 16.6. The van der Waals surface area contributed by atoms with Crippen molar-refractivity contribution in [3.63, 3.8) is 0 Å². The van der Waals surface area contributed by atoms with Crippen LogP contribution in [0.15, 0.2) is 48.5 Å². The van der Waals surface area contributed by atoms with Gasteiger partial charge in [-0.25, -0.2) is 4.79 Å². The molecule has 2 aromatic carbocycles. The Morgan fingerprint density at radius 2 is 1.92 bits per heavy atom. The lowest BCUT2D eigenvalue weighted by Gasteiger charge is -2.14. The van der Waals surface area contributed by atoms with E-state index < -0.39 is 24.6 Å². The van der Waals surface area contributed by atoms with E-state index >= 15 is 0 Å². The van der Waals surface area contributed by atoms with Gasteiger partial charge in [0.1, 0.15) is 5.75 Å². The van der Waals surface area contributed by atoms with E-state index in [-0.39, 0.29) is 0 Å². The zero-order valence-corrected chi connectivity index (χ0v) is 14.0. The number of ether oxygens (including phenoxy) is 2. The molecule has 0 aliphatic rings. The normalized spacial score (nSPS) is 11.1. The van der Waals surface area contributed by atoms with Crippen LogP contribution in [0.3, 0.4) is 0 Å². The molecule has 2 rings (SSSR count). The Kier molecular flexibility index (Phi) is 6.13. The van der Waals surface area contributed by atoms with Gasteiger partial charge in [-0.2, -0.15) is 5.26 Å². The van der Waals surface area contributed by atoms with Crippen molar-refractivity contribution in [3.05, 3.63) is 59.7 Å². The van der Waals surface area contributed by atoms with Gasteiger partial charge in [-0.1, -0.05) is 12.1 Å². The Morgan fingerprint density at radius 1 is 1.20 bits per heavy atom. The highest BCUT2D eigenvalue weighted by Crippen LogP contribution is 2.14. The number of nitriles is 1. The smallest absolute Gasteiger partial charge is 0.347 e. The lowest BCUT2D eigenvalue weighted by Crippen LogP contribution is -2.29. The molecule has 0 bridgehead atoms. The van der Waals surface area contributed by atoms with Crippen molar-refractivity contribution in [2.75, 3.05) is 11.9 Å². The van der Waals surface area contributed by atoms with Crippen LogP contribution in [-0.4, -0.2) is 24.6 Å². The number of carbonyl (C=O) groups excluding carboxylic acids is 2. The van der Waals surface area contributed by atoms with E-state index in [4.69, 9.17) is 14.7 Å². The average Bonchev–Trinajstić information content (AvgIpc) is 2.60. The Morgan fingerprint density at radius 3 is 2.56 bits per heavy atom. The minimum absolute atomic E-state index is 0.416. The van der Waals surface area contributed by atoms with E-state index in [2.05, 4.69) is 5.32 Å². The monoisotopic (exact) mass is 338 g/mol. The van der Waals surface area contributed by atoms with Gasteiger partial charge in [0.15, 0.2) is 12.7 Å². The van der Waals surface area contributed by atoms with Gasteiger partial charge >= 0.3 is 5.97 Å². The first-order valence-electron chi connectivity index (χ1n) is 7.68. The molecule has 0 unspecified atom stereocenters. The van der Waals surface area contributed by atoms with Crippen LogP contribution in [0.2, 0.25) is 0 Å². The van der Waals surface area contributed by atoms with Crippen LogP contribution in [0.4, 0.5) is 5.69 Å². The lowest BCUT2D eigenvalue weighted by atomic mass is 10.2. The Balaban J connectivity index is 1.80. The molecule has 0 saturated carbocycles. The molecule has 6 nitrogen and oxygen atoms in total. The summed E-state index contributed by atoms with van der Waals surface area (Å²) in [5.41, 5.74) is 2.02. The Bertz CT molecular complexity index is 794. The molecule has 0 radical (unpaired) electrons. The van der Waals surface area contributed by atoms with E-state index in [0.717, 1.165) is 5.56 Å². The molecule has 25 heavy (non-hydrogen) atoms. The largest absolute Gasteiger partial charge is 0.479 e. The molecule has 1 amide bonds. The molecule has 1 atom stereocenters. The van der Waals surface area contributed by atoms with Crippen LogP contribution >= 0.6 is 0 Å². The number of benzene rings is 2. The Labute approximate surface area is 146 Å². The van der Waals surface area contributed by atoms with E-state index in [1.54, 1.807) is 43.3 Å². The quantitative estimate of drug-likeness (QED) is 0.818. The predicted molar refractivity (Wildman–Crippen MR) is 92.0 cm³/mol. The summed E-state index contributed by atoms with van der Waals surface area (Å²) in [7, 11) is 0. The van der Waals surface area contributed by atoms with Crippen molar-refractivity contribution in [2.24, 2.45) is 0 Å². The fourth-order valence-electron chi connectivity index (χ4n) is 2.02. The molecule has 0 aromatic heterocycles. The summed E-state index contributed by atoms with van der Waals surface area (Å²) in [6.45, 7) is 3.06. The third-order valence-electron chi connectivity index (χ3n) is 3.28. The zero-order valence-electron chi connectivity index (χ0n) is 14.0. The zero-order chi connectivity index (χ0) is 18.2. The van der Waals surface area contributed by atoms with Crippen LogP contribution in [0.1, 0.15) is 18.1 Å². The maximum Gasteiger partial charge on any atom is 0.347 e. The summed E-state index contributed by atoms with van der Waals surface area (Å²) in [6, 6.07) is 15.6. The Hall–Kier alpha value is -3.33. The first-order chi connectivity index (χ1) is 12.0. The number of rotatable bonds is 6. The van der Waals surface area contributed by atoms with Crippen molar-refractivity contribution in [3.8, 4) is 11.8 Å². The summed E-state index contributed by atoms with van der Waals surface area (Å²) in [5.74, 6) is -0.538. The van der Waals surface area contributed by atoms with E-state index in [1.165, 1.54) is 0 Å². The number of amides is 1. The number of nitrogens with zero attached hydrogens (tertiary/aromatic N) is 1. The summed E-state index contributed by atoms with van der Waals surface area (Å²) in [4.78, 5) is 23.7. The van der Waals surface area contributed by atoms with Crippen molar-refractivity contribution >= 4 is 17.6 Å². The maximum atomic E-state index is 11.9. The number of carbonyl (C=O) groups is 2. The maximum absolute atomic E-state index is 11.9. The topological polar surface area (TPSA) is 88.4 Å². The minimum atomic E-state index is -0.829. The van der Waals surface area contributed by atoms with Crippen molar-refractivity contribution < 1.29 is 19.1 Å². The first kappa shape index (κ1) is 18.0. The minimum Gasteiger partial charge on any atom is -0.479 e. The molecular formula is C19H18N2O4. The van der Waals surface area contributed by atoms with Gasteiger partial charge in [0.05, 0.1) is 11.6 Å². The first-order valence-corrected chi connectivity index (χ1v) is 7.68. The standard InChI is InChI=1S/C19H18N2O4/c1-13-4-3-5-17(10-13)25-14(2)19(23)24-12-18(22)21-16-8-6-15(11-20)7-9-16/h3-10,14H,12H2,1-2H3,(H,21,22)/t14-/m0/s1.